The van der Waals surface area contributed by atoms with Crippen molar-refractivity contribution in [1.82, 2.24) is 0 Å². The van der Waals surface area contributed by atoms with Crippen LogP contribution in [-0.4, -0.2) is 0 Å². The fraction of sp³-hybridized carbons (Fsp3) is 0.300. The molecule has 0 aliphatic heterocycles. The lowest BCUT2D eigenvalue weighted by Crippen LogP contribution is -2.44. The van der Waals surface area contributed by atoms with Crippen LogP contribution in [-0.2, 0) is 53.6 Å². The van der Waals surface area contributed by atoms with E-state index in [1.165, 1.54) is 166 Å². The molecule has 0 saturated carbocycles. The van der Waals surface area contributed by atoms with Crippen molar-refractivity contribution >= 4 is 32.3 Å². The maximum Gasteiger partial charge on any atom is 0.212 e. The largest absolute Gasteiger partial charge is 0.212 e. The third kappa shape index (κ3) is 9.75. The van der Waals surface area contributed by atoms with Gasteiger partial charge in [-0.25, -0.2) is 13.7 Å². The molecule has 0 unspecified atom stereocenters. The van der Waals surface area contributed by atoms with E-state index >= 15 is 0 Å². The molecule has 0 amide bonds. The van der Waals surface area contributed by atoms with Crippen LogP contribution >= 0.6 is 0 Å². The molecular formula is C90H96N3+3. The molecule has 9 aromatic carbocycles. The van der Waals surface area contributed by atoms with Gasteiger partial charge >= 0.3 is 0 Å². The maximum atomic E-state index is 2.48. The molecule has 3 aliphatic carbocycles. The molecule has 15 rings (SSSR count). The first-order valence-corrected chi connectivity index (χ1v) is 33.8. The van der Waals surface area contributed by atoms with E-state index in [0.29, 0.717) is 0 Å². The molecular weight excluding hydrogens is 1120 g/mol. The second-order valence-electron chi connectivity index (χ2n) is 31.1. The van der Waals surface area contributed by atoms with Gasteiger partial charge in [0, 0.05) is 58.5 Å². The van der Waals surface area contributed by atoms with Gasteiger partial charge < -0.3 is 0 Å². The lowest BCUT2D eigenvalue weighted by Gasteiger charge is -2.49. The number of hydrogen-bond donors (Lipinski definition) is 0. The van der Waals surface area contributed by atoms with Crippen molar-refractivity contribution in [2.75, 3.05) is 0 Å². The molecule has 0 spiro atoms. The summed E-state index contributed by atoms with van der Waals surface area (Å²) in [5, 5.41) is 8.03. The fourth-order valence-corrected chi connectivity index (χ4v) is 16.5. The van der Waals surface area contributed by atoms with Crippen molar-refractivity contribution in [2.45, 2.75) is 157 Å². The van der Waals surface area contributed by atoms with E-state index in [4.69, 9.17) is 0 Å². The van der Waals surface area contributed by atoms with Crippen molar-refractivity contribution in [3.63, 3.8) is 0 Å². The van der Waals surface area contributed by atoms with Crippen LogP contribution in [0.4, 0.5) is 0 Å². The summed E-state index contributed by atoms with van der Waals surface area (Å²) in [5.41, 5.74) is 32.9. The SMILES string of the molecule is Cc1cc[n+](C)c(-c2cc3c(cc2C)-c2c(ccc4ccccc24)C(C)(C)C3(C)C)c1.Cc1cc[n+](C)c(-c2cc3c(cc2C)-c2cc4ccccc4cc2C(C)(C)C3(C)C)c1.Cc1cc[n+](C)c(-c2ccc3c(c2C)C(C)(C)C(C)(C)c2c-3ccc3ccccc23)c1. The Morgan fingerprint density at radius 1 is 0.258 bits per heavy atom. The molecule has 0 atom stereocenters. The predicted octanol–water partition coefficient (Wildman–Crippen LogP) is 21.6. The Bertz CT molecular complexity index is 4990. The number of fused-ring (bicyclic) bond motifs is 14. The average molecular weight is 1220 g/mol. The van der Waals surface area contributed by atoms with Gasteiger partial charge in [0.05, 0.1) is 0 Å². The minimum atomic E-state index is -0.0120. The Kier molecular flexibility index (Phi) is 15.0. The maximum absolute atomic E-state index is 2.48. The smallest absolute Gasteiger partial charge is 0.201 e. The zero-order valence-corrected chi connectivity index (χ0v) is 59.4. The van der Waals surface area contributed by atoms with E-state index in [2.05, 4.69) is 360 Å². The summed E-state index contributed by atoms with van der Waals surface area (Å²) in [7, 11) is 6.43. The number of rotatable bonds is 3. The number of aromatic nitrogens is 3. The first-order valence-electron chi connectivity index (χ1n) is 33.8. The molecule has 3 nitrogen and oxygen atoms in total. The van der Waals surface area contributed by atoms with E-state index < -0.39 is 0 Å². The summed E-state index contributed by atoms with van der Waals surface area (Å²) in [6.45, 7) is 42.4. The van der Waals surface area contributed by atoms with E-state index in [1.807, 2.05) is 0 Å². The topological polar surface area (TPSA) is 11.6 Å². The summed E-state index contributed by atoms with van der Waals surface area (Å²) in [4.78, 5) is 0. The zero-order chi connectivity index (χ0) is 66.4. The summed E-state index contributed by atoms with van der Waals surface area (Å²) in [6.07, 6.45) is 6.50. The third-order valence-corrected chi connectivity index (χ3v) is 24.2. The highest BCUT2D eigenvalue weighted by Gasteiger charge is 2.50. The van der Waals surface area contributed by atoms with Gasteiger partial charge in [-0.1, -0.05) is 198 Å². The highest BCUT2D eigenvalue weighted by atomic mass is 14.9. The van der Waals surface area contributed by atoms with Crippen molar-refractivity contribution in [1.29, 1.82) is 0 Å². The van der Waals surface area contributed by atoms with Gasteiger partial charge in [-0.3, -0.25) is 0 Å². The molecule has 3 aliphatic rings. The van der Waals surface area contributed by atoms with Crippen LogP contribution in [0.25, 0.3) is 99.5 Å². The number of nitrogens with zero attached hydrogens (tertiary/aromatic N) is 3. The predicted molar refractivity (Wildman–Crippen MR) is 395 cm³/mol. The van der Waals surface area contributed by atoms with Gasteiger partial charge in [-0.15, -0.1) is 0 Å². The van der Waals surface area contributed by atoms with Crippen LogP contribution in [0.1, 0.15) is 150 Å². The minimum Gasteiger partial charge on any atom is -0.201 e. The Labute approximate surface area is 555 Å². The highest BCUT2D eigenvalue weighted by molar-refractivity contribution is 6.02. The number of aryl methyl sites for hydroxylation is 8. The van der Waals surface area contributed by atoms with Crippen molar-refractivity contribution in [2.24, 2.45) is 21.1 Å². The summed E-state index contributed by atoms with van der Waals surface area (Å²) in [5.74, 6) is 0. The van der Waals surface area contributed by atoms with Crippen LogP contribution in [0.5, 0.6) is 0 Å². The van der Waals surface area contributed by atoms with Gasteiger partial charge in [0.2, 0.25) is 17.1 Å². The number of hydrogen-bond acceptors (Lipinski definition) is 0. The Balaban J connectivity index is 0.000000127. The monoisotopic (exact) mass is 1220 g/mol. The molecule has 0 fully saturated rings. The quantitative estimate of drug-likeness (QED) is 0.156. The van der Waals surface area contributed by atoms with Crippen LogP contribution in [0.15, 0.2) is 201 Å². The average Bonchev–Trinajstić information content (AvgIpc) is 0.715. The molecule has 93 heavy (non-hydrogen) atoms. The van der Waals surface area contributed by atoms with Crippen LogP contribution < -0.4 is 13.7 Å². The molecule has 468 valence electrons. The summed E-state index contributed by atoms with van der Waals surface area (Å²) in [6, 6.07) is 68.5. The second kappa shape index (κ2) is 22.2. The van der Waals surface area contributed by atoms with Crippen molar-refractivity contribution in [3.05, 3.63) is 267 Å². The standard InChI is InChI=1S/3C30H32N/c1-19-12-13-31(7)28(14-19)23-18-27-24(15-20(23)2)25-16-21-10-8-9-11-22(21)17-26(25)29(3,4)30(27,5)6;1-19-14-15-31(7)27(16-19)23-18-26-24(17-20(23)2)28-22-11-9-8-10-21(22)12-13-25(28)29(3,4)30(26,5)6;1-19-16-17-31(7)26(18-19)22-14-15-24-25-13-12-21-10-8-9-11-23(21)28(25)30(5,6)29(3,4)27(24)20(22)2/h3*8-18H,1-7H3/q3*+1. The lowest BCUT2D eigenvalue weighted by atomic mass is 9.54. The van der Waals surface area contributed by atoms with Gasteiger partial charge in [0.15, 0.2) is 18.6 Å². The van der Waals surface area contributed by atoms with E-state index in [9.17, 15) is 0 Å². The first kappa shape index (κ1) is 63.0. The zero-order valence-electron chi connectivity index (χ0n) is 59.4. The number of benzene rings is 9. The molecule has 3 heterocycles. The molecule has 3 heteroatoms. The molecule has 3 aromatic heterocycles. The highest BCUT2D eigenvalue weighted by Crippen LogP contribution is 2.60. The van der Waals surface area contributed by atoms with Gasteiger partial charge in [0.25, 0.3) is 0 Å². The first-order chi connectivity index (χ1) is 43.9. The Hall–Kier alpha value is -8.79. The van der Waals surface area contributed by atoms with Crippen LogP contribution in [0.3, 0.4) is 0 Å². The molecule has 0 bridgehead atoms. The molecule has 0 radical (unpaired) electrons. The molecule has 0 saturated heterocycles. The van der Waals surface area contributed by atoms with E-state index in [0.717, 1.165) is 0 Å². The summed E-state index contributed by atoms with van der Waals surface area (Å²) < 4.78 is 6.72. The molecule has 0 N–H and O–H groups in total. The van der Waals surface area contributed by atoms with Gasteiger partial charge in [0.1, 0.15) is 21.1 Å². The number of pyridine rings is 3. The molecule has 12 aromatic rings. The van der Waals surface area contributed by atoms with E-state index in [-0.39, 0.29) is 32.5 Å². The van der Waals surface area contributed by atoms with Crippen molar-refractivity contribution in [3.8, 4) is 67.2 Å². The Morgan fingerprint density at radius 3 is 1.16 bits per heavy atom. The van der Waals surface area contributed by atoms with E-state index in [1.54, 1.807) is 0 Å². The third-order valence-electron chi connectivity index (χ3n) is 24.2. The van der Waals surface area contributed by atoms with Crippen molar-refractivity contribution < 1.29 is 13.7 Å². The van der Waals surface area contributed by atoms with Crippen LogP contribution in [0.2, 0.25) is 0 Å². The lowest BCUT2D eigenvalue weighted by molar-refractivity contribution is -0.660. The van der Waals surface area contributed by atoms with Gasteiger partial charge in [-0.05, 0) is 231 Å². The second-order valence-corrected chi connectivity index (χ2v) is 31.1. The summed E-state index contributed by atoms with van der Waals surface area (Å²) >= 11 is 0. The normalized spacial score (nSPS) is 16.1. The fourth-order valence-electron chi connectivity index (χ4n) is 16.5. The van der Waals surface area contributed by atoms with Gasteiger partial charge in [-0.2, -0.15) is 0 Å². The van der Waals surface area contributed by atoms with Crippen LogP contribution in [0, 0.1) is 41.5 Å². The Morgan fingerprint density at radius 2 is 0.624 bits per heavy atom. The minimum absolute atomic E-state index is 0.00262.